The molecule has 1 amide bonds. The minimum Gasteiger partial charge on any atom is -0.465 e. The van der Waals surface area contributed by atoms with Gasteiger partial charge in [0.2, 0.25) is 0 Å². The van der Waals surface area contributed by atoms with Crippen molar-refractivity contribution in [3.05, 3.63) is 69.8 Å². The van der Waals surface area contributed by atoms with Crippen molar-refractivity contribution in [2.45, 2.75) is 45.7 Å². The van der Waals surface area contributed by atoms with Crippen molar-refractivity contribution in [3.63, 3.8) is 0 Å². The first-order valence-electron chi connectivity index (χ1n) is 9.65. The second-order valence-electron chi connectivity index (χ2n) is 8.28. The van der Waals surface area contributed by atoms with Gasteiger partial charge in [-0.05, 0) is 45.9 Å². The van der Waals surface area contributed by atoms with Crippen LogP contribution in [0.4, 0.5) is 22.4 Å². The average molecular weight is 451 g/mol. The van der Waals surface area contributed by atoms with Gasteiger partial charge in [-0.2, -0.15) is 0 Å². The highest BCUT2D eigenvalue weighted by molar-refractivity contribution is 5.82. The molecule has 32 heavy (non-hydrogen) atoms. The van der Waals surface area contributed by atoms with Crippen molar-refractivity contribution < 1.29 is 27.5 Å². The monoisotopic (exact) mass is 451 g/mol. The second kappa shape index (κ2) is 8.25. The summed E-state index contributed by atoms with van der Waals surface area (Å²) in [6.45, 7) is 6.32. The summed E-state index contributed by atoms with van der Waals surface area (Å²) in [6, 6.07) is 4.92. The maximum absolute atomic E-state index is 14.0. The standard InChI is InChI=1S/C22H21F4N3O3/c1-11(29(21(31)32)22(2,3)4)19-27-16-7-5-6-15(18(25)26)17(16)20(30)28(19)14-9-12(23)8-13(24)10-14/h5-11,18H,1-4H3,(H,31,32). The van der Waals surface area contributed by atoms with E-state index in [1.165, 1.54) is 19.1 Å². The largest absolute Gasteiger partial charge is 0.465 e. The predicted molar refractivity (Wildman–Crippen MR) is 110 cm³/mol. The normalized spacial score (nSPS) is 12.9. The first kappa shape index (κ1) is 23.2. The van der Waals surface area contributed by atoms with E-state index >= 15 is 0 Å². The Morgan fingerprint density at radius 3 is 2.22 bits per heavy atom. The molecule has 0 radical (unpaired) electrons. The van der Waals surface area contributed by atoms with Gasteiger partial charge in [0.05, 0.1) is 22.6 Å². The van der Waals surface area contributed by atoms with E-state index in [9.17, 15) is 32.3 Å². The summed E-state index contributed by atoms with van der Waals surface area (Å²) in [5.41, 5.74) is -2.90. The fourth-order valence-corrected chi connectivity index (χ4v) is 3.80. The number of carbonyl (C=O) groups is 1. The second-order valence-corrected chi connectivity index (χ2v) is 8.28. The molecule has 2 aromatic carbocycles. The summed E-state index contributed by atoms with van der Waals surface area (Å²) in [6.07, 6.45) is -4.32. The van der Waals surface area contributed by atoms with E-state index in [1.807, 2.05) is 0 Å². The third-order valence-corrected chi connectivity index (χ3v) is 4.99. The highest BCUT2D eigenvalue weighted by Crippen LogP contribution is 2.31. The number of hydrogen-bond acceptors (Lipinski definition) is 3. The van der Waals surface area contributed by atoms with Gasteiger partial charge in [0.15, 0.2) is 0 Å². The topological polar surface area (TPSA) is 75.4 Å². The lowest BCUT2D eigenvalue weighted by molar-refractivity contribution is 0.0719. The number of nitrogens with zero attached hydrogens (tertiary/aromatic N) is 3. The number of benzene rings is 2. The van der Waals surface area contributed by atoms with Crippen LogP contribution in [0.25, 0.3) is 16.6 Å². The Morgan fingerprint density at radius 2 is 1.72 bits per heavy atom. The van der Waals surface area contributed by atoms with E-state index in [1.54, 1.807) is 20.8 Å². The van der Waals surface area contributed by atoms with Crippen LogP contribution in [0.1, 0.15) is 51.6 Å². The van der Waals surface area contributed by atoms with Gasteiger partial charge in [0, 0.05) is 17.2 Å². The molecule has 0 aliphatic carbocycles. The molecule has 3 rings (SSSR count). The molecular weight excluding hydrogens is 430 g/mol. The van der Waals surface area contributed by atoms with Gasteiger partial charge >= 0.3 is 6.09 Å². The molecule has 0 spiro atoms. The summed E-state index contributed by atoms with van der Waals surface area (Å²) >= 11 is 0. The van der Waals surface area contributed by atoms with Gasteiger partial charge in [-0.1, -0.05) is 12.1 Å². The molecule has 0 saturated carbocycles. The van der Waals surface area contributed by atoms with Crippen LogP contribution >= 0.6 is 0 Å². The van der Waals surface area contributed by atoms with Crippen molar-refractivity contribution in [3.8, 4) is 5.69 Å². The maximum atomic E-state index is 14.0. The highest BCUT2D eigenvalue weighted by Gasteiger charge is 2.35. The number of amides is 1. The summed E-state index contributed by atoms with van der Waals surface area (Å²) < 4.78 is 55.9. The molecule has 1 unspecified atom stereocenters. The molecule has 6 nitrogen and oxygen atoms in total. The van der Waals surface area contributed by atoms with E-state index < -0.39 is 52.2 Å². The molecule has 3 aromatic rings. The molecule has 1 aromatic heterocycles. The lowest BCUT2D eigenvalue weighted by atomic mass is 10.0. The smallest absolute Gasteiger partial charge is 0.408 e. The molecular formula is C22H21F4N3O3. The number of rotatable bonds is 4. The number of halogens is 4. The zero-order valence-electron chi connectivity index (χ0n) is 17.7. The first-order valence-corrected chi connectivity index (χ1v) is 9.65. The van der Waals surface area contributed by atoms with Crippen LogP contribution < -0.4 is 5.56 Å². The number of fused-ring (bicyclic) bond motifs is 1. The zero-order chi connectivity index (χ0) is 24.0. The van der Waals surface area contributed by atoms with E-state index in [-0.39, 0.29) is 17.0 Å². The van der Waals surface area contributed by atoms with Gasteiger partial charge in [-0.3, -0.25) is 14.3 Å². The van der Waals surface area contributed by atoms with Crippen LogP contribution in [0.15, 0.2) is 41.2 Å². The Hall–Kier alpha value is -3.43. The van der Waals surface area contributed by atoms with E-state index in [0.29, 0.717) is 6.07 Å². The Morgan fingerprint density at radius 1 is 1.12 bits per heavy atom. The summed E-state index contributed by atoms with van der Waals surface area (Å²) in [7, 11) is 0. The van der Waals surface area contributed by atoms with E-state index in [2.05, 4.69) is 4.98 Å². The van der Waals surface area contributed by atoms with E-state index in [4.69, 9.17) is 0 Å². The third kappa shape index (κ3) is 4.17. The average Bonchev–Trinajstić information content (AvgIpc) is 2.64. The molecule has 1 heterocycles. The quantitative estimate of drug-likeness (QED) is 0.536. The SMILES string of the molecule is CC(c1nc2cccc(C(F)F)c2c(=O)n1-c1cc(F)cc(F)c1)N(C(=O)O)C(C)(C)C. The van der Waals surface area contributed by atoms with E-state index in [0.717, 1.165) is 27.7 Å². The fraction of sp³-hybridized carbons (Fsp3) is 0.318. The number of carboxylic acid groups (broad SMARTS) is 1. The highest BCUT2D eigenvalue weighted by atomic mass is 19.3. The minimum atomic E-state index is -3.00. The van der Waals surface area contributed by atoms with Gasteiger partial charge in [-0.15, -0.1) is 0 Å². The lowest BCUT2D eigenvalue weighted by Crippen LogP contribution is -2.47. The molecule has 10 heteroatoms. The van der Waals surface area contributed by atoms with Crippen LogP contribution in [-0.4, -0.2) is 31.2 Å². The molecule has 0 fully saturated rings. The number of aromatic nitrogens is 2. The Labute approximate surface area is 180 Å². The van der Waals surface area contributed by atoms with Crippen LogP contribution in [0.2, 0.25) is 0 Å². The van der Waals surface area contributed by atoms with Crippen LogP contribution in [0.5, 0.6) is 0 Å². The number of alkyl halides is 2. The molecule has 1 N–H and O–H groups in total. The zero-order valence-corrected chi connectivity index (χ0v) is 17.7. The Balaban J connectivity index is 2.47. The summed E-state index contributed by atoms with van der Waals surface area (Å²) in [5.74, 6) is -2.17. The summed E-state index contributed by atoms with van der Waals surface area (Å²) in [5, 5.41) is 9.37. The van der Waals surface area contributed by atoms with Crippen LogP contribution in [-0.2, 0) is 0 Å². The lowest BCUT2D eigenvalue weighted by Gasteiger charge is -2.38. The molecule has 0 bridgehead atoms. The third-order valence-electron chi connectivity index (χ3n) is 4.99. The molecule has 0 aliphatic heterocycles. The maximum Gasteiger partial charge on any atom is 0.408 e. The molecule has 170 valence electrons. The number of hydrogen-bond donors (Lipinski definition) is 1. The van der Waals surface area contributed by atoms with Crippen molar-refractivity contribution in [1.29, 1.82) is 0 Å². The predicted octanol–water partition coefficient (Wildman–Crippen LogP) is 5.44. The molecule has 0 aliphatic rings. The van der Waals surface area contributed by atoms with Gasteiger partial charge in [-0.25, -0.2) is 27.3 Å². The minimum absolute atomic E-state index is 0.0815. The molecule has 1 atom stereocenters. The Kier molecular flexibility index (Phi) is 5.99. The van der Waals surface area contributed by atoms with Crippen molar-refractivity contribution in [2.75, 3.05) is 0 Å². The van der Waals surface area contributed by atoms with Gasteiger partial charge < -0.3 is 5.11 Å². The molecule has 0 saturated heterocycles. The van der Waals surface area contributed by atoms with Crippen molar-refractivity contribution in [1.82, 2.24) is 14.5 Å². The van der Waals surface area contributed by atoms with Crippen molar-refractivity contribution >= 4 is 17.0 Å². The van der Waals surface area contributed by atoms with Gasteiger partial charge in [0.25, 0.3) is 12.0 Å². The van der Waals surface area contributed by atoms with Crippen LogP contribution in [0, 0.1) is 11.6 Å². The van der Waals surface area contributed by atoms with Gasteiger partial charge in [0.1, 0.15) is 17.5 Å². The van der Waals surface area contributed by atoms with Crippen LogP contribution in [0.3, 0.4) is 0 Å². The fourth-order valence-electron chi connectivity index (χ4n) is 3.80. The van der Waals surface area contributed by atoms with Crippen molar-refractivity contribution in [2.24, 2.45) is 0 Å². The first-order chi connectivity index (χ1) is 14.8. The summed E-state index contributed by atoms with van der Waals surface area (Å²) in [4.78, 5) is 30.8. The Bertz CT molecular complexity index is 1230.